The van der Waals surface area contributed by atoms with E-state index in [2.05, 4.69) is 10.4 Å². The van der Waals surface area contributed by atoms with Crippen molar-refractivity contribution in [3.8, 4) is 0 Å². The predicted molar refractivity (Wildman–Crippen MR) is 82.1 cm³/mol. The van der Waals surface area contributed by atoms with Crippen LogP contribution in [0.25, 0.3) is 11.0 Å². The van der Waals surface area contributed by atoms with Gasteiger partial charge in [0.25, 0.3) is 5.91 Å². The van der Waals surface area contributed by atoms with Crippen molar-refractivity contribution in [3.05, 3.63) is 48.0 Å². The molecule has 6 nitrogen and oxygen atoms in total. The molecule has 1 amide bonds. The van der Waals surface area contributed by atoms with Gasteiger partial charge >= 0.3 is 0 Å². The van der Waals surface area contributed by atoms with Crippen LogP contribution in [0.4, 0.5) is 5.69 Å². The highest BCUT2D eigenvalue weighted by Crippen LogP contribution is 2.31. The zero-order valence-electron chi connectivity index (χ0n) is 12.3. The van der Waals surface area contributed by atoms with Crippen molar-refractivity contribution in [1.29, 1.82) is 0 Å². The predicted octanol–water partition coefficient (Wildman–Crippen LogP) is 3.10. The Bertz CT molecular complexity index is 861. The van der Waals surface area contributed by atoms with Crippen LogP contribution in [-0.2, 0) is 6.54 Å². The highest BCUT2D eigenvalue weighted by atomic mass is 16.3. The van der Waals surface area contributed by atoms with Gasteiger partial charge in [-0.05, 0) is 25.1 Å². The van der Waals surface area contributed by atoms with E-state index < -0.39 is 0 Å². The molecule has 0 bridgehead atoms. The van der Waals surface area contributed by atoms with Crippen LogP contribution in [0, 0.1) is 0 Å². The molecule has 0 atom stereocenters. The lowest BCUT2D eigenvalue weighted by molar-refractivity contribution is 0.0990. The number of hydrogen-bond acceptors (Lipinski definition) is 4. The Morgan fingerprint density at radius 3 is 2.77 bits per heavy atom. The molecule has 3 aromatic rings. The van der Waals surface area contributed by atoms with Crippen molar-refractivity contribution in [2.45, 2.75) is 20.4 Å². The number of hydrogen-bond donors (Lipinski definition) is 1. The zero-order chi connectivity index (χ0) is 15.7. The quantitative estimate of drug-likeness (QED) is 0.751. The van der Waals surface area contributed by atoms with Crippen molar-refractivity contribution in [3.63, 3.8) is 0 Å². The van der Waals surface area contributed by atoms with Gasteiger partial charge in [-0.2, -0.15) is 5.10 Å². The van der Waals surface area contributed by atoms with E-state index in [4.69, 9.17) is 4.42 Å². The first-order chi connectivity index (χ1) is 10.6. The number of Topliss-reactive ketones (excluding diaryl/α,β-unsaturated/α-hetero) is 1. The lowest BCUT2D eigenvalue weighted by Gasteiger charge is -2.06. The van der Waals surface area contributed by atoms with E-state index in [0.29, 0.717) is 28.9 Å². The van der Waals surface area contributed by atoms with E-state index in [0.717, 1.165) is 0 Å². The van der Waals surface area contributed by atoms with E-state index in [1.54, 1.807) is 29.1 Å². The highest BCUT2D eigenvalue weighted by molar-refractivity contribution is 6.13. The van der Waals surface area contributed by atoms with Crippen molar-refractivity contribution < 1.29 is 14.0 Å². The van der Waals surface area contributed by atoms with Gasteiger partial charge in [0.05, 0.1) is 5.69 Å². The Morgan fingerprint density at radius 2 is 2.05 bits per heavy atom. The van der Waals surface area contributed by atoms with Crippen molar-refractivity contribution >= 4 is 28.3 Å². The average Bonchev–Trinajstić information content (AvgIpc) is 3.12. The molecule has 1 N–H and O–H groups in total. The van der Waals surface area contributed by atoms with Crippen molar-refractivity contribution in [2.75, 3.05) is 5.32 Å². The number of fused-ring (bicyclic) bond motifs is 1. The minimum Gasteiger partial charge on any atom is -0.451 e. The van der Waals surface area contributed by atoms with E-state index in [9.17, 15) is 9.59 Å². The van der Waals surface area contributed by atoms with Gasteiger partial charge in [-0.1, -0.05) is 12.1 Å². The third kappa shape index (κ3) is 2.28. The van der Waals surface area contributed by atoms with Crippen LogP contribution in [0.5, 0.6) is 0 Å². The summed E-state index contributed by atoms with van der Waals surface area (Å²) in [5.74, 6) is -0.416. The van der Waals surface area contributed by atoms with E-state index in [1.807, 2.05) is 19.1 Å². The molecular formula is C16H15N3O3. The summed E-state index contributed by atoms with van der Waals surface area (Å²) in [5.41, 5.74) is 1.39. The van der Waals surface area contributed by atoms with Crippen LogP contribution in [0.15, 0.2) is 40.9 Å². The molecule has 0 unspecified atom stereocenters. The Morgan fingerprint density at radius 1 is 1.27 bits per heavy atom. The molecule has 2 heterocycles. The summed E-state index contributed by atoms with van der Waals surface area (Å²) in [6.45, 7) is 3.89. The minimum atomic E-state index is -0.326. The molecule has 0 saturated heterocycles. The van der Waals surface area contributed by atoms with Gasteiger partial charge in [0.2, 0.25) is 0 Å². The summed E-state index contributed by atoms with van der Waals surface area (Å²) in [6, 6.07) is 8.83. The number of nitrogens with zero attached hydrogens (tertiary/aromatic N) is 2. The van der Waals surface area contributed by atoms with Crippen LogP contribution in [0.3, 0.4) is 0 Å². The highest BCUT2D eigenvalue weighted by Gasteiger charge is 2.21. The van der Waals surface area contributed by atoms with Gasteiger partial charge in [0, 0.05) is 25.1 Å². The van der Waals surface area contributed by atoms with E-state index >= 15 is 0 Å². The number of anilines is 1. The Labute approximate surface area is 126 Å². The number of nitrogens with one attached hydrogen (secondary N) is 1. The topological polar surface area (TPSA) is 77.1 Å². The van der Waals surface area contributed by atoms with Crippen molar-refractivity contribution in [1.82, 2.24) is 9.78 Å². The molecule has 0 radical (unpaired) electrons. The van der Waals surface area contributed by atoms with E-state index in [1.165, 1.54) is 6.92 Å². The average molecular weight is 297 g/mol. The molecule has 3 rings (SSSR count). The number of aryl methyl sites for hydroxylation is 1. The number of carbonyl (C=O) groups excluding carboxylic acids is 2. The Kier molecular flexibility index (Phi) is 3.50. The number of ketones is 1. The maximum Gasteiger partial charge on any atom is 0.274 e. The number of furan rings is 1. The first-order valence-corrected chi connectivity index (χ1v) is 6.97. The number of rotatable bonds is 4. The number of carbonyl (C=O) groups is 2. The summed E-state index contributed by atoms with van der Waals surface area (Å²) in [4.78, 5) is 24.2. The standard InChI is InChI=1S/C16H15N3O3/c1-3-19-12(8-9-17-19)16(21)18-14-11-6-4-5-7-13(11)22-15(14)10(2)20/h4-9H,3H2,1-2H3,(H,18,21). The summed E-state index contributed by atoms with van der Waals surface area (Å²) in [7, 11) is 0. The molecule has 112 valence electrons. The molecule has 0 spiro atoms. The van der Waals surface area contributed by atoms with Crippen LogP contribution in [-0.4, -0.2) is 21.5 Å². The van der Waals surface area contributed by atoms with Gasteiger partial charge < -0.3 is 9.73 Å². The number of para-hydroxylation sites is 1. The first-order valence-electron chi connectivity index (χ1n) is 6.97. The fourth-order valence-electron chi connectivity index (χ4n) is 2.37. The monoisotopic (exact) mass is 297 g/mol. The third-order valence-electron chi connectivity index (χ3n) is 3.40. The molecule has 0 fully saturated rings. The van der Waals surface area contributed by atoms with Gasteiger partial charge in [0.15, 0.2) is 11.5 Å². The normalized spacial score (nSPS) is 10.8. The summed E-state index contributed by atoms with van der Waals surface area (Å²) < 4.78 is 7.14. The summed E-state index contributed by atoms with van der Waals surface area (Å²) in [6.07, 6.45) is 1.57. The Balaban J connectivity index is 2.05. The second-order valence-corrected chi connectivity index (χ2v) is 4.84. The Hall–Kier alpha value is -2.89. The van der Waals surface area contributed by atoms with Crippen LogP contribution in [0.2, 0.25) is 0 Å². The molecular weight excluding hydrogens is 282 g/mol. The van der Waals surface area contributed by atoms with Crippen molar-refractivity contribution in [2.24, 2.45) is 0 Å². The molecule has 0 aliphatic heterocycles. The van der Waals surface area contributed by atoms with Crippen LogP contribution >= 0.6 is 0 Å². The third-order valence-corrected chi connectivity index (χ3v) is 3.40. The molecule has 0 aliphatic carbocycles. The fraction of sp³-hybridized carbons (Fsp3) is 0.188. The largest absolute Gasteiger partial charge is 0.451 e. The number of benzene rings is 1. The summed E-state index contributed by atoms with van der Waals surface area (Å²) >= 11 is 0. The molecule has 2 aromatic heterocycles. The second-order valence-electron chi connectivity index (χ2n) is 4.84. The maximum atomic E-state index is 12.4. The van der Waals surface area contributed by atoms with Crippen LogP contribution in [0.1, 0.15) is 34.9 Å². The fourth-order valence-corrected chi connectivity index (χ4v) is 2.37. The lowest BCUT2D eigenvalue weighted by Crippen LogP contribution is -2.18. The molecule has 0 aliphatic rings. The minimum absolute atomic E-state index is 0.150. The van der Waals surface area contributed by atoms with Crippen LogP contribution < -0.4 is 5.32 Å². The smallest absolute Gasteiger partial charge is 0.274 e. The molecule has 0 saturated carbocycles. The summed E-state index contributed by atoms with van der Waals surface area (Å²) in [5, 5.41) is 7.55. The second kappa shape index (κ2) is 5.48. The number of aromatic nitrogens is 2. The molecule has 22 heavy (non-hydrogen) atoms. The molecule has 1 aromatic carbocycles. The number of amides is 1. The first kappa shape index (κ1) is 14.1. The lowest BCUT2D eigenvalue weighted by atomic mass is 10.2. The maximum absolute atomic E-state index is 12.4. The van der Waals surface area contributed by atoms with Gasteiger partial charge in [-0.3, -0.25) is 14.3 Å². The molecule has 6 heteroatoms. The van der Waals surface area contributed by atoms with E-state index in [-0.39, 0.29) is 17.5 Å². The van der Waals surface area contributed by atoms with Gasteiger partial charge in [0.1, 0.15) is 11.3 Å². The van der Waals surface area contributed by atoms with Gasteiger partial charge in [-0.15, -0.1) is 0 Å². The van der Waals surface area contributed by atoms with Gasteiger partial charge in [-0.25, -0.2) is 0 Å². The SMILES string of the molecule is CCn1nccc1C(=O)Nc1c(C(C)=O)oc2ccccc12. The zero-order valence-corrected chi connectivity index (χ0v) is 12.3.